The van der Waals surface area contributed by atoms with Gasteiger partial charge in [-0.05, 0) is 37.5 Å². The van der Waals surface area contributed by atoms with Crippen LogP contribution in [0, 0.1) is 0 Å². The van der Waals surface area contributed by atoms with E-state index in [4.69, 9.17) is 5.11 Å². The van der Waals surface area contributed by atoms with Gasteiger partial charge in [0.1, 0.15) is 0 Å². The third kappa shape index (κ3) is 15.3. The van der Waals surface area contributed by atoms with Crippen LogP contribution in [0.15, 0.2) is 23.8 Å². The Morgan fingerprint density at radius 2 is 0.897 bits per heavy atom. The molecule has 1 aliphatic carbocycles. The lowest BCUT2D eigenvalue weighted by Crippen LogP contribution is -2.07. The van der Waals surface area contributed by atoms with Gasteiger partial charge in [0.05, 0.1) is 0 Å². The van der Waals surface area contributed by atoms with Gasteiger partial charge in [-0.2, -0.15) is 0 Å². The SMILES string of the molecule is O=C1C=CC(=O)C(CCCCCCCCCCCCCCCCCCCCO)=C1. The predicted molar refractivity (Wildman–Crippen MR) is 122 cm³/mol. The van der Waals surface area contributed by atoms with Gasteiger partial charge in [-0.1, -0.05) is 103 Å². The summed E-state index contributed by atoms with van der Waals surface area (Å²) in [6.45, 7) is 0.351. The van der Waals surface area contributed by atoms with Gasteiger partial charge in [-0.3, -0.25) is 9.59 Å². The number of hydrogen-bond acceptors (Lipinski definition) is 3. The van der Waals surface area contributed by atoms with E-state index in [0.29, 0.717) is 12.2 Å². The molecule has 0 fully saturated rings. The summed E-state index contributed by atoms with van der Waals surface area (Å²) >= 11 is 0. The smallest absolute Gasteiger partial charge is 0.182 e. The Labute approximate surface area is 179 Å². The third-order valence-corrected chi connectivity index (χ3v) is 5.89. The fourth-order valence-electron chi connectivity index (χ4n) is 4.01. The van der Waals surface area contributed by atoms with Gasteiger partial charge >= 0.3 is 0 Å². The number of hydrogen-bond donors (Lipinski definition) is 1. The second-order valence-corrected chi connectivity index (χ2v) is 8.61. The number of aliphatic hydroxyl groups is 1. The van der Waals surface area contributed by atoms with Gasteiger partial charge in [-0.15, -0.1) is 0 Å². The molecule has 0 aliphatic heterocycles. The highest BCUT2D eigenvalue weighted by atomic mass is 16.2. The fourth-order valence-corrected chi connectivity index (χ4v) is 4.01. The number of carbonyl (C=O) groups is 2. The second-order valence-electron chi connectivity index (χ2n) is 8.61. The molecular formula is C26H44O3. The minimum atomic E-state index is -0.0510. The van der Waals surface area contributed by atoms with Gasteiger partial charge < -0.3 is 5.11 Å². The van der Waals surface area contributed by atoms with E-state index in [-0.39, 0.29) is 11.6 Å². The summed E-state index contributed by atoms with van der Waals surface area (Å²) in [6.07, 6.45) is 28.3. The predicted octanol–water partition coefficient (Wildman–Crippen LogP) is 7.03. The maximum Gasteiger partial charge on any atom is 0.182 e. The number of rotatable bonds is 20. The Morgan fingerprint density at radius 1 is 0.517 bits per heavy atom. The molecule has 0 unspecified atom stereocenters. The van der Waals surface area contributed by atoms with Gasteiger partial charge in [0.25, 0.3) is 0 Å². The molecule has 0 aromatic heterocycles. The van der Waals surface area contributed by atoms with Gasteiger partial charge in [0, 0.05) is 12.2 Å². The van der Waals surface area contributed by atoms with E-state index in [1.54, 1.807) is 0 Å². The van der Waals surface area contributed by atoms with E-state index in [2.05, 4.69) is 0 Å². The molecule has 0 heterocycles. The molecule has 0 radical (unpaired) electrons. The number of unbranched alkanes of at least 4 members (excludes halogenated alkanes) is 17. The molecule has 3 heteroatoms. The summed E-state index contributed by atoms with van der Waals surface area (Å²) in [5, 5.41) is 8.74. The number of ketones is 2. The lowest BCUT2D eigenvalue weighted by atomic mass is 9.97. The van der Waals surface area contributed by atoms with Crippen molar-refractivity contribution in [1.29, 1.82) is 0 Å². The molecule has 0 saturated heterocycles. The largest absolute Gasteiger partial charge is 0.396 e. The van der Waals surface area contributed by atoms with E-state index in [9.17, 15) is 9.59 Å². The number of aliphatic hydroxyl groups excluding tert-OH is 1. The number of carbonyl (C=O) groups excluding carboxylic acids is 2. The van der Waals surface area contributed by atoms with Crippen LogP contribution >= 0.6 is 0 Å². The maximum atomic E-state index is 11.6. The molecule has 1 aliphatic rings. The molecule has 0 amide bonds. The zero-order valence-corrected chi connectivity index (χ0v) is 18.6. The Kier molecular flexibility index (Phi) is 16.7. The Hall–Kier alpha value is -1.22. The summed E-state index contributed by atoms with van der Waals surface area (Å²) in [4.78, 5) is 22.9. The molecule has 0 aromatic carbocycles. The normalized spacial score (nSPS) is 13.9. The van der Waals surface area contributed by atoms with Crippen LogP contribution < -0.4 is 0 Å². The van der Waals surface area contributed by atoms with Crippen molar-refractivity contribution in [3.63, 3.8) is 0 Å². The molecule has 1 rings (SSSR count). The number of allylic oxidation sites excluding steroid dienone is 4. The van der Waals surface area contributed by atoms with Crippen molar-refractivity contribution in [3.8, 4) is 0 Å². The lowest BCUT2D eigenvalue weighted by molar-refractivity contribution is -0.114. The first-order valence-corrected chi connectivity index (χ1v) is 12.3. The van der Waals surface area contributed by atoms with E-state index in [0.717, 1.165) is 25.7 Å². The zero-order chi connectivity index (χ0) is 21.0. The average molecular weight is 405 g/mol. The zero-order valence-electron chi connectivity index (χ0n) is 18.6. The maximum absolute atomic E-state index is 11.6. The molecular weight excluding hydrogens is 360 g/mol. The second kappa shape index (κ2) is 18.8. The molecule has 0 aromatic rings. The quantitative estimate of drug-likeness (QED) is 0.175. The summed E-state index contributed by atoms with van der Waals surface area (Å²) in [5.74, 6) is -0.0382. The van der Waals surface area contributed by atoms with Crippen LogP contribution in [0.5, 0.6) is 0 Å². The highest BCUT2D eigenvalue weighted by Crippen LogP contribution is 2.17. The summed E-state index contributed by atoms with van der Waals surface area (Å²) in [7, 11) is 0. The molecule has 0 spiro atoms. The first-order valence-electron chi connectivity index (χ1n) is 12.3. The van der Waals surface area contributed by atoms with Crippen molar-refractivity contribution < 1.29 is 14.7 Å². The van der Waals surface area contributed by atoms with Crippen LogP contribution in [-0.2, 0) is 9.59 Å². The van der Waals surface area contributed by atoms with Crippen molar-refractivity contribution >= 4 is 11.6 Å². The van der Waals surface area contributed by atoms with Crippen molar-refractivity contribution in [2.24, 2.45) is 0 Å². The minimum Gasteiger partial charge on any atom is -0.396 e. The molecule has 0 bridgehead atoms. The van der Waals surface area contributed by atoms with Gasteiger partial charge in [0.15, 0.2) is 11.6 Å². The summed E-state index contributed by atoms with van der Waals surface area (Å²) in [6, 6.07) is 0. The van der Waals surface area contributed by atoms with Crippen molar-refractivity contribution in [2.75, 3.05) is 6.61 Å². The average Bonchev–Trinajstić information content (AvgIpc) is 2.72. The molecule has 3 nitrogen and oxygen atoms in total. The first kappa shape index (κ1) is 25.8. The van der Waals surface area contributed by atoms with Crippen molar-refractivity contribution in [3.05, 3.63) is 23.8 Å². The first-order chi connectivity index (χ1) is 14.2. The molecule has 0 atom stereocenters. The fraction of sp³-hybridized carbons (Fsp3) is 0.769. The monoisotopic (exact) mass is 404 g/mol. The highest BCUT2D eigenvalue weighted by molar-refractivity contribution is 6.17. The standard InChI is InChI=1S/C26H44O3/c27-22-18-16-14-12-10-8-6-4-2-1-3-5-7-9-11-13-15-17-19-24-23-25(28)20-21-26(24)29/h20-21,23,27H,1-19,22H2. The van der Waals surface area contributed by atoms with Crippen LogP contribution in [0.2, 0.25) is 0 Å². The van der Waals surface area contributed by atoms with Crippen LogP contribution in [0.3, 0.4) is 0 Å². The van der Waals surface area contributed by atoms with Crippen molar-refractivity contribution in [2.45, 2.75) is 122 Å². The van der Waals surface area contributed by atoms with E-state index in [1.165, 1.54) is 115 Å². The van der Waals surface area contributed by atoms with E-state index >= 15 is 0 Å². The highest BCUT2D eigenvalue weighted by Gasteiger charge is 2.12. The molecule has 0 saturated carbocycles. The third-order valence-electron chi connectivity index (χ3n) is 5.89. The lowest BCUT2D eigenvalue weighted by Gasteiger charge is -2.06. The van der Waals surface area contributed by atoms with Gasteiger partial charge in [-0.25, -0.2) is 0 Å². The Morgan fingerprint density at radius 3 is 1.31 bits per heavy atom. The topological polar surface area (TPSA) is 54.4 Å². The molecule has 166 valence electrons. The van der Waals surface area contributed by atoms with Crippen molar-refractivity contribution in [1.82, 2.24) is 0 Å². The van der Waals surface area contributed by atoms with Gasteiger partial charge in [0.2, 0.25) is 0 Å². The molecule has 1 N–H and O–H groups in total. The Balaban J connectivity index is 1.74. The molecule has 29 heavy (non-hydrogen) atoms. The van der Waals surface area contributed by atoms with Crippen LogP contribution in [0.1, 0.15) is 122 Å². The van der Waals surface area contributed by atoms with E-state index in [1.807, 2.05) is 0 Å². The summed E-state index contributed by atoms with van der Waals surface area (Å²) in [5.41, 5.74) is 0.690. The van der Waals surface area contributed by atoms with E-state index < -0.39 is 0 Å². The minimum absolute atomic E-state index is 0.0128. The van der Waals surface area contributed by atoms with Crippen LogP contribution in [-0.4, -0.2) is 23.3 Å². The van der Waals surface area contributed by atoms with Crippen LogP contribution in [0.25, 0.3) is 0 Å². The van der Waals surface area contributed by atoms with Crippen LogP contribution in [0.4, 0.5) is 0 Å². The Bertz CT molecular complexity index is 490. The summed E-state index contributed by atoms with van der Waals surface area (Å²) < 4.78 is 0.